The monoisotopic (exact) mass is 430 g/mol. The van der Waals surface area contributed by atoms with Gasteiger partial charge in [-0.15, -0.1) is 0 Å². The van der Waals surface area contributed by atoms with Crippen molar-refractivity contribution >= 4 is 15.9 Å². The van der Waals surface area contributed by atoms with E-state index in [4.69, 9.17) is 0 Å². The summed E-state index contributed by atoms with van der Waals surface area (Å²) in [7, 11) is -3.79. The second kappa shape index (κ2) is 8.54. The van der Waals surface area contributed by atoms with Gasteiger partial charge in [0.25, 0.3) is 0 Å². The largest absolute Gasteiger partial charge is 0.397 e. The number of amides is 1. The summed E-state index contributed by atoms with van der Waals surface area (Å²) in [5.74, 6) is -1.36. The number of rotatable bonds is 6. The fraction of sp³-hybridized carbons (Fsp3) is 0.444. The minimum Gasteiger partial charge on any atom is -0.355 e. The zero-order valence-corrected chi connectivity index (χ0v) is 16.3. The van der Waals surface area contributed by atoms with Crippen LogP contribution in [0.25, 0.3) is 5.69 Å². The van der Waals surface area contributed by atoms with E-state index in [1.807, 2.05) is 18.2 Å². The van der Waals surface area contributed by atoms with Crippen molar-refractivity contribution in [3.63, 3.8) is 0 Å². The Hall–Kier alpha value is -2.40. The molecule has 0 spiro atoms. The summed E-state index contributed by atoms with van der Waals surface area (Å²) in [5.41, 5.74) is 0.720. The number of sulfonamides is 1. The van der Waals surface area contributed by atoms with Crippen molar-refractivity contribution in [3.05, 3.63) is 42.7 Å². The van der Waals surface area contributed by atoms with Gasteiger partial charge in [-0.1, -0.05) is 18.2 Å². The Morgan fingerprint density at radius 3 is 2.66 bits per heavy atom. The highest BCUT2D eigenvalue weighted by molar-refractivity contribution is 7.89. The van der Waals surface area contributed by atoms with Crippen LogP contribution in [0.15, 0.2) is 47.6 Å². The van der Waals surface area contributed by atoms with Crippen molar-refractivity contribution in [2.75, 3.05) is 19.6 Å². The maximum atomic E-state index is 12.9. The zero-order chi connectivity index (χ0) is 21.1. The van der Waals surface area contributed by atoms with E-state index in [0.29, 0.717) is 19.4 Å². The number of carbonyl (C=O) groups excluding carboxylic acids is 1. The highest BCUT2D eigenvalue weighted by atomic mass is 32.2. The van der Waals surface area contributed by atoms with E-state index in [9.17, 15) is 26.4 Å². The van der Waals surface area contributed by atoms with E-state index in [-0.39, 0.29) is 23.9 Å². The lowest BCUT2D eigenvalue weighted by molar-refractivity contribution is -0.153. The third kappa shape index (κ3) is 5.57. The van der Waals surface area contributed by atoms with Crippen molar-refractivity contribution in [3.8, 4) is 5.69 Å². The first-order chi connectivity index (χ1) is 13.6. The number of nitrogens with zero attached hydrogens (tertiary/aromatic N) is 3. The number of alkyl halides is 3. The van der Waals surface area contributed by atoms with Crippen LogP contribution in [-0.4, -0.2) is 54.2 Å². The predicted molar refractivity (Wildman–Crippen MR) is 98.7 cm³/mol. The van der Waals surface area contributed by atoms with Gasteiger partial charge in [-0.3, -0.25) is 4.79 Å². The van der Waals surface area contributed by atoms with Crippen LogP contribution in [-0.2, 0) is 14.8 Å². The topological polar surface area (TPSA) is 84.3 Å². The quantitative estimate of drug-likeness (QED) is 0.763. The van der Waals surface area contributed by atoms with Gasteiger partial charge < -0.3 is 5.32 Å². The third-order valence-corrected chi connectivity index (χ3v) is 6.47. The number of hydrogen-bond donors (Lipinski definition) is 1. The van der Waals surface area contributed by atoms with Crippen LogP contribution in [0.2, 0.25) is 0 Å². The highest BCUT2D eigenvalue weighted by Crippen LogP contribution is 2.24. The molecule has 7 nitrogen and oxygen atoms in total. The van der Waals surface area contributed by atoms with E-state index >= 15 is 0 Å². The summed E-state index contributed by atoms with van der Waals surface area (Å²) in [6.07, 6.45) is -2.21. The molecule has 0 radical (unpaired) electrons. The Kier molecular flexibility index (Phi) is 6.27. The molecular formula is C18H21F3N4O3S. The molecule has 1 fully saturated rings. The van der Waals surface area contributed by atoms with E-state index < -0.39 is 28.5 Å². The maximum absolute atomic E-state index is 12.9. The number of benzene rings is 1. The second-order valence-electron chi connectivity index (χ2n) is 6.92. The molecule has 1 aromatic heterocycles. The van der Waals surface area contributed by atoms with Gasteiger partial charge in [0.15, 0.2) is 0 Å². The Balaban J connectivity index is 1.64. The molecule has 1 aliphatic heterocycles. The molecule has 1 atom stereocenters. The lowest BCUT2D eigenvalue weighted by atomic mass is 10.00. The summed E-state index contributed by atoms with van der Waals surface area (Å²) in [5, 5.41) is 6.36. The van der Waals surface area contributed by atoms with Crippen molar-refractivity contribution in [1.82, 2.24) is 19.4 Å². The fourth-order valence-corrected chi connectivity index (χ4v) is 4.71. The van der Waals surface area contributed by atoms with Gasteiger partial charge in [0.1, 0.15) is 11.3 Å². The Bertz CT molecular complexity index is 945. The van der Waals surface area contributed by atoms with Gasteiger partial charge in [-0.2, -0.15) is 22.6 Å². The number of hydrogen-bond acceptors (Lipinski definition) is 4. The first-order valence-corrected chi connectivity index (χ1v) is 10.5. The normalized spacial score (nSPS) is 18.5. The molecule has 29 heavy (non-hydrogen) atoms. The molecule has 0 saturated carbocycles. The molecule has 11 heteroatoms. The van der Waals surface area contributed by atoms with Crippen LogP contribution in [0, 0.1) is 5.92 Å². The minimum absolute atomic E-state index is 0.00418. The van der Waals surface area contributed by atoms with E-state index in [2.05, 4.69) is 10.4 Å². The number of carbonyl (C=O) groups is 1. The predicted octanol–water partition coefficient (Wildman–Crippen LogP) is 2.34. The summed E-state index contributed by atoms with van der Waals surface area (Å²) in [6.45, 7) is 0.446. The van der Waals surface area contributed by atoms with E-state index in [1.54, 1.807) is 12.1 Å². The molecule has 158 valence electrons. The molecule has 1 saturated heterocycles. The number of para-hydroxylation sites is 1. The van der Waals surface area contributed by atoms with Crippen molar-refractivity contribution in [1.29, 1.82) is 0 Å². The Morgan fingerprint density at radius 2 is 1.97 bits per heavy atom. The number of piperidine rings is 1. The van der Waals surface area contributed by atoms with Gasteiger partial charge in [0, 0.05) is 19.6 Å². The van der Waals surface area contributed by atoms with Crippen LogP contribution in [0.1, 0.15) is 19.3 Å². The standard InChI is InChI=1S/C18H21F3N4O3S/c19-18(20,21)9-17(26)22-10-14-5-4-8-24(12-14)29(27,28)16-11-23-25(13-16)15-6-2-1-3-7-15/h1-3,6-7,11,13-14H,4-5,8-10,12H2,(H,22,26). The maximum Gasteiger partial charge on any atom is 0.397 e. The third-order valence-electron chi connectivity index (χ3n) is 4.65. The first kappa shape index (κ1) is 21.3. The lowest BCUT2D eigenvalue weighted by Gasteiger charge is -2.31. The van der Waals surface area contributed by atoms with Crippen LogP contribution in [0.3, 0.4) is 0 Å². The number of halogens is 3. The number of nitrogens with one attached hydrogen (secondary N) is 1. The minimum atomic E-state index is -4.56. The van der Waals surface area contributed by atoms with E-state index in [1.165, 1.54) is 21.4 Å². The van der Waals surface area contributed by atoms with Crippen LogP contribution in [0.5, 0.6) is 0 Å². The average Bonchev–Trinajstić information content (AvgIpc) is 3.17. The molecule has 1 amide bonds. The molecule has 3 rings (SSSR count). The SMILES string of the molecule is O=C(CC(F)(F)F)NCC1CCCN(S(=O)(=O)c2cnn(-c3ccccc3)c2)C1. The molecule has 0 aliphatic carbocycles. The summed E-state index contributed by atoms with van der Waals surface area (Å²) in [4.78, 5) is 11.4. The van der Waals surface area contributed by atoms with Gasteiger partial charge in [-0.25, -0.2) is 13.1 Å². The Labute approximate surface area is 166 Å². The molecule has 2 aromatic rings. The van der Waals surface area contributed by atoms with Crippen molar-refractivity contribution in [2.45, 2.75) is 30.3 Å². The lowest BCUT2D eigenvalue weighted by Crippen LogP contribution is -2.44. The van der Waals surface area contributed by atoms with Gasteiger partial charge in [-0.05, 0) is 30.9 Å². The first-order valence-electron chi connectivity index (χ1n) is 9.09. The Morgan fingerprint density at radius 1 is 1.24 bits per heavy atom. The van der Waals surface area contributed by atoms with E-state index in [0.717, 1.165) is 5.69 Å². The highest BCUT2D eigenvalue weighted by Gasteiger charge is 2.33. The molecular weight excluding hydrogens is 409 g/mol. The second-order valence-corrected chi connectivity index (χ2v) is 8.86. The van der Waals surface area contributed by atoms with Gasteiger partial charge >= 0.3 is 6.18 Å². The molecule has 0 bridgehead atoms. The van der Waals surface area contributed by atoms with Crippen LogP contribution < -0.4 is 5.32 Å². The van der Waals surface area contributed by atoms with Crippen LogP contribution >= 0.6 is 0 Å². The smallest absolute Gasteiger partial charge is 0.355 e. The molecule has 1 unspecified atom stereocenters. The average molecular weight is 430 g/mol. The zero-order valence-electron chi connectivity index (χ0n) is 15.5. The fourth-order valence-electron chi connectivity index (χ4n) is 3.23. The molecule has 1 N–H and O–H groups in total. The van der Waals surface area contributed by atoms with Gasteiger partial charge in [0.2, 0.25) is 15.9 Å². The number of aromatic nitrogens is 2. The molecule has 1 aliphatic rings. The summed E-state index contributed by atoms with van der Waals surface area (Å²) >= 11 is 0. The summed E-state index contributed by atoms with van der Waals surface area (Å²) in [6, 6.07) is 9.06. The van der Waals surface area contributed by atoms with Crippen molar-refractivity contribution < 1.29 is 26.4 Å². The summed E-state index contributed by atoms with van der Waals surface area (Å²) < 4.78 is 65.4. The molecule has 2 heterocycles. The molecule has 1 aromatic carbocycles. The van der Waals surface area contributed by atoms with Gasteiger partial charge in [0.05, 0.1) is 18.1 Å². The van der Waals surface area contributed by atoms with Crippen molar-refractivity contribution in [2.24, 2.45) is 5.92 Å². The van der Waals surface area contributed by atoms with Crippen LogP contribution in [0.4, 0.5) is 13.2 Å².